The van der Waals surface area contributed by atoms with E-state index in [0.717, 1.165) is 55.9 Å². The van der Waals surface area contributed by atoms with Gasteiger partial charge in [0.25, 0.3) is 0 Å². The first-order valence-electron chi connectivity index (χ1n) is 10.7. The molecule has 30 heavy (non-hydrogen) atoms. The molecule has 0 aliphatic carbocycles. The molecule has 2 saturated heterocycles. The second kappa shape index (κ2) is 9.81. The minimum atomic E-state index is -0.148. The predicted molar refractivity (Wildman–Crippen MR) is 116 cm³/mol. The van der Waals surface area contributed by atoms with Crippen molar-refractivity contribution in [1.29, 1.82) is 0 Å². The van der Waals surface area contributed by atoms with Crippen molar-refractivity contribution in [3.8, 4) is 0 Å². The smallest absolute Gasteiger partial charge is 0.225 e. The number of halogens is 1. The van der Waals surface area contributed by atoms with E-state index >= 15 is 0 Å². The molecule has 0 saturated carbocycles. The molecule has 1 unspecified atom stereocenters. The van der Waals surface area contributed by atoms with E-state index in [0.29, 0.717) is 37.5 Å². The SMILES string of the molecule is O=C(NCc1cc2cc(Cl)ccc2[nH]1)C1CCC(=O)N(CCCN2CCOCC2)C1. The highest BCUT2D eigenvalue weighted by atomic mass is 35.5. The maximum Gasteiger partial charge on any atom is 0.225 e. The second-order valence-electron chi connectivity index (χ2n) is 8.13. The molecule has 2 amide bonds. The van der Waals surface area contributed by atoms with E-state index in [4.69, 9.17) is 16.3 Å². The van der Waals surface area contributed by atoms with Gasteiger partial charge in [0.2, 0.25) is 11.8 Å². The maximum absolute atomic E-state index is 12.7. The lowest BCUT2D eigenvalue weighted by molar-refractivity contribution is -0.138. The van der Waals surface area contributed by atoms with E-state index < -0.39 is 0 Å². The van der Waals surface area contributed by atoms with Gasteiger partial charge in [-0.25, -0.2) is 0 Å². The van der Waals surface area contributed by atoms with E-state index in [9.17, 15) is 9.59 Å². The van der Waals surface area contributed by atoms with Gasteiger partial charge in [0, 0.05) is 60.8 Å². The Morgan fingerprint density at radius 1 is 1.23 bits per heavy atom. The van der Waals surface area contributed by atoms with Gasteiger partial charge in [-0.2, -0.15) is 0 Å². The van der Waals surface area contributed by atoms with Crippen molar-refractivity contribution in [2.24, 2.45) is 5.92 Å². The molecule has 1 atom stereocenters. The number of carbonyl (C=O) groups excluding carboxylic acids is 2. The van der Waals surface area contributed by atoms with Crippen LogP contribution in [0.25, 0.3) is 10.9 Å². The summed E-state index contributed by atoms with van der Waals surface area (Å²) in [6, 6.07) is 7.68. The summed E-state index contributed by atoms with van der Waals surface area (Å²) in [5.41, 5.74) is 1.94. The largest absolute Gasteiger partial charge is 0.379 e. The lowest BCUT2D eigenvalue weighted by Crippen LogP contribution is -2.46. The van der Waals surface area contributed by atoms with Gasteiger partial charge in [0.05, 0.1) is 25.7 Å². The molecule has 1 aromatic heterocycles. The van der Waals surface area contributed by atoms with Crippen LogP contribution in [0.5, 0.6) is 0 Å². The molecule has 2 fully saturated rings. The van der Waals surface area contributed by atoms with Crippen LogP contribution in [0.3, 0.4) is 0 Å². The van der Waals surface area contributed by atoms with E-state index in [2.05, 4.69) is 15.2 Å². The standard InChI is InChI=1S/C22H29ClN4O3/c23-18-3-4-20-17(12-18)13-19(25-20)14-24-22(29)16-2-5-21(28)27(15-16)7-1-6-26-8-10-30-11-9-26/h3-4,12-13,16,25H,1-2,5-11,14-15H2,(H,24,29). The van der Waals surface area contributed by atoms with Crippen LogP contribution in [0.15, 0.2) is 24.3 Å². The zero-order valence-electron chi connectivity index (χ0n) is 17.2. The molecule has 162 valence electrons. The normalized spacial score (nSPS) is 20.6. The van der Waals surface area contributed by atoms with Gasteiger partial charge in [0.1, 0.15) is 0 Å². The van der Waals surface area contributed by atoms with Crippen molar-refractivity contribution in [3.05, 3.63) is 35.0 Å². The number of carbonyl (C=O) groups is 2. The van der Waals surface area contributed by atoms with E-state index in [-0.39, 0.29) is 17.7 Å². The molecule has 2 aliphatic rings. The number of piperidine rings is 1. The van der Waals surface area contributed by atoms with Crippen LogP contribution in [-0.4, -0.2) is 72.5 Å². The number of fused-ring (bicyclic) bond motifs is 1. The average molecular weight is 433 g/mol. The first kappa shape index (κ1) is 21.2. The molecule has 8 heteroatoms. The Morgan fingerprint density at radius 3 is 2.90 bits per heavy atom. The number of nitrogens with zero attached hydrogens (tertiary/aromatic N) is 2. The van der Waals surface area contributed by atoms with Gasteiger partial charge < -0.3 is 19.9 Å². The van der Waals surface area contributed by atoms with Crippen molar-refractivity contribution in [3.63, 3.8) is 0 Å². The van der Waals surface area contributed by atoms with Crippen molar-refractivity contribution in [1.82, 2.24) is 20.1 Å². The van der Waals surface area contributed by atoms with Crippen LogP contribution in [0, 0.1) is 5.92 Å². The highest BCUT2D eigenvalue weighted by Crippen LogP contribution is 2.21. The van der Waals surface area contributed by atoms with Gasteiger partial charge in [-0.3, -0.25) is 14.5 Å². The minimum Gasteiger partial charge on any atom is -0.379 e. The van der Waals surface area contributed by atoms with Gasteiger partial charge in [-0.05, 0) is 37.1 Å². The number of aromatic amines is 1. The van der Waals surface area contributed by atoms with Crippen molar-refractivity contribution in [2.75, 3.05) is 45.9 Å². The topological polar surface area (TPSA) is 77.7 Å². The molecule has 4 rings (SSSR count). The Kier molecular flexibility index (Phi) is 6.92. The summed E-state index contributed by atoms with van der Waals surface area (Å²) in [6.45, 7) is 6.11. The lowest BCUT2D eigenvalue weighted by Gasteiger charge is -2.33. The van der Waals surface area contributed by atoms with Crippen LogP contribution >= 0.6 is 11.6 Å². The van der Waals surface area contributed by atoms with Crippen LogP contribution < -0.4 is 5.32 Å². The Morgan fingerprint density at radius 2 is 2.07 bits per heavy atom. The fourth-order valence-electron chi connectivity index (χ4n) is 4.24. The number of hydrogen-bond donors (Lipinski definition) is 2. The Labute approximate surface area is 181 Å². The molecule has 0 spiro atoms. The molecule has 2 N–H and O–H groups in total. The molecule has 3 heterocycles. The number of aromatic nitrogens is 1. The molecule has 7 nitrogen and oxygen atoms in total. The van der Waals surface area contributed by atoms with Crippen LogP contribution in [0.4, 0.5) is 0 Å². The van der Waals surface area contributed by atoms with Crippen molar-refractivity contribution < 1.29 is 14.3 Å². The summed E-state index contributed by atoms with van der Waals surface area (Å²) in [5, 5.41) is 4.75. The summed E-state index contributed by atoms with van der Waals surface area (Å²) in [6.07, 6.45) is 1.99. The molecule has 2 aromatic rings. The quantitative estimate of drug-likeness (QED) is 0.704. The number of ether oxygens (including phenoxy) is 1. The third-order valence-corrected chi connectivity index (χ3v) is 6.20. The maximum atomic E-state index is 12.7. The number of H-pyrrole nitrogens is 1. The highest BCUT2D eigenvalue weighted by molar-refractivity contribution is 6.31. The fraction of sp³-hybridized carbons (Fsp3) is 0.545. The molecule has 0 bridgehead atoms. The number of nitrogens with one attached hydrogen (secondary N) is 2. The number of hydrogen-bond acceptors (Lipinski definition) is 4. The van der Waals surface area contributed by atoms with Crippen molar-refractivity contribution in [2.45, 2.75) is 25.8 Å². The minimum absolute atomic E-state index is 0.0115. The Hall–Kier alpha value is -2.09. The monoisotopic (exact) mass is 432 g/mol. The zero-order chi connectivity index (χ0) is 20.9. The van der Waals surface area contributed by atoms with Gasteiger partial charge in [-0.15, -0.1) is 0 Å². The lowest BCUT2D eigenvalue weighted by atomic mass is 9.96. The van der Waals surface area contributed by atoms with Crippen LogP contribution in [-0.2, 0) is 20.9 Å². The Bertz CT molecular complexity index is 894. The fourth-order valence-corrected chi connectivity index (χ4v) is 4.42. The van der Waals surface area contributed by atoms with Crippen LogP contribution in [0.2, 0.25) is 5.02 Å². The summed E-state index contributed by atoms with van der Waals surface area (Å²) in [7, 11) is 0. The molecule has 1 aromatic carbocycles. The third-order valence-electron chi connectivity index (χ3n) is 5.97. The first-order chi connectivity index (χ1) is 14.6. The zero-order valence-corrected chi connectivity index (χ0v) is 17.9. The van der Waals surface area contributed by atoms with E-state index in [1.165, 1.54) is 0 Å². The average Bonchev–Trinajstić information content (AvgIpc) is 3.16. The van der Waals surface area contributed by atoms with E-state index in [1.54, 1.807) is 0 Å². The van der Waals surface area contributed by atoms with Crippen LogP contribution in [0.1, 0.15) is 25.0 Å². The summed E-state index contributed by atoms with van der Waals surface area (Å²) in [4.78, 5) is 32.5. The first-order valence-corrected chi connectivity index (χ1v) is 11.1. The van der Waals surface area contributed by atoms with E-state index in [1.807, 2.05) is 29.2 Å². The summed E-state index contributed by atoms with van der Waals surface area (Å²) < 4.78 is 5.37. The molecular formula is C22H29ClN4O3. The predicted octanol–water partition coefficient (Wildman–Crippen LogP) is 2.40. The molecule has 2 aliphatic heterocycles. The molecule has 0 radical (unpaired) electrons. The van der Waals surface area contributed by atoms with Gasteiger partial charge >= 0.3 is 0 Å². The number of amides is 2. The van der Waals surface area contributed by atoms with Crippen molar-refractivity contribution >= 4 is 34.3 Å². The molecular weight excluding hydrogens is 404 g/mol. The van der Waals surface area contributed by atoms with Gasteiger partial charge in [0.15, 0.2) is 0 Å². The highest BCUT2D eigenvalue weighted by Gasteiger charge is 2.30. The second-order valence-corrected chi connectivity index (χ2v) is 8.56. The van der Waals surface area contributed by atoms with Gasteiger partial charge in [-0.1, -0.05) is 11.6 Å². The third kappa shape index (κ3) is 5.33. The Balaban J connectivity index is 1.25. The summed E-state index contributed by atoms with van der Waals surface area (Å²) in [5.74, 6) is 0.0239. The number of benzene rings is 1. The number of rotatable bonds is 7. The number of likely N-dealkylation sites (tertiary alicyclic amines) is 1. The number of morpholine rings is 1. The summed E-state index contributed by atoms with van der Waals surface area (Å²) >= 11 is 6.04.